The molecule has 0 heterocycles. The highest BCUT2D eigenvalue weighted by Gasteiger charge is 2.25. The van der Waals surface area contributed by atoms with Gasteiger partial charge < -0.3 is 19.7 Å². The molecule has 0 aromatic heterocycles. The van der Waals surface area contributed by atoms with Crippen molar-refractivity contribution >= 4 is 27.7 Å². The van der Waals surface area contributed by atoms with Crippen molar-refractivity contribution in [1.29, 1.82) is 0 Å². The predicted octanol–water partition coefficient (Wildman–Crippen LogP) is 4.34. The quantitative estimate of drug-likeness (QED) is 0.508. The number of ether oxygens (including phenoxy) is 2. The second-order valence-electron chi connectivity index (χ2n) is 7.09. The van der Waals surface area contributed by atoms with Crippen LogP contribution in [0.1, 0.15) is 38.3 Å². The van der Waals surface area contributed by atoms with Crippen LogP contribution in [-0.4, -0.2) is 43.0 Å². The van der Waals surface area contributed by atoms with Crippen molar-refractivity contribution in [3.8, 4) is 11.5 Å². The van der Waals surface area contributed by atoms with E-state index < -0.39 is 6.04 Å². The molecular weight excluding hydrogens is 460 g/mol. The summed E-state index contributed by atoms with van der Waals surface area (Å²) in [5.74, 6) is 1.11. The molecule has 0 bridgehead atoms. The van der Waals surface area contributed by atoms with Crippen molar-refractivity contribution in [3.05, 3.63) is 58.1 Å². The summed E-state index contributed by atoms with van der Waals surface area (Å²) in [6, 6.07) is 12.9. The molecular formula is C24H31BrN2O4. The van der Waals surface area contributed by atoms with Gasteiger partial charge in [0, 0.05) is 24.5 Å². The van der Waals surface area contributed by atoms with E-state index in [1.165, 1.54) is 0 Å². The lowest BCUT2D eigenvalue weighted by Crippen LogP contribution is -2.46. The normalized spacial score (nSPS) is 11.5. The van der Waals surface area contributed by atoms with Gasteiger partial charge in [0.25, 0.3) is 0 Å². The Morgan fingerprint density at radius 3 is 2.23 bits per heavy atom. The average Bonchev–Trinajstić information content (AvgIpc) is 2.77. The summed E-state index contributed by atoms with van der Waals surface area (Å²) < 4.78 is 12.3. The Labute approximate surface area is 193 Å². The van der Waals surface area contributed by atoms with Crippen LogP contribution in [0.15, 0.2) is 46.9 Å². The van der Waals surface area contributed by atoms with E-state index >= 15 is 0 Å². The van der Waals surface area contributed by atoms with E-state index in [1.54, 1.807) is 18.9 Å². The number of benzene rings is 2. The van der Waals surface area contributed by atoms with Crippen molar-refractivity contribution in [2.75, 3.05) is 20.3 Å². The maximum absolute atomic E-state index is 13.1. The minimum Gasteiger partial charge on any atom is -0.490 e. The first-order valence-electron chi connectivity index (χ1n) is 10.5. The van der Waals surface area contributed by atoms with Crippen LogP contribution in [0.2, 0.25) is 0 Å². The van der Waals surface area contributed by atoms with E-state index in [1.807, 2.05) is 56.3 Å². The highest BCUT2D eigenvalue weighted by atomic mass is 79.9. The number of carbonyl (C=O) groups is 2. The lowest BCUT2D eigenvalue weighted by atomic mass is 10.1. The fourth-order valence-corrected chi connectivity index (χ4v) is 3.49. The summed E-state index contributed by atoms with van der Waals surface area (Å²) in [7, 11) is 1.58. The summed E-state index contributed by atoms with van der Waals surface area (Å²) in [5, 5.41) is 2.64. The molecule has 0 saturated carbocycles. The smallest absolute Gasteiger partial charge is 0.242 e. The topological polar surface area (TPSA) is 67.9 Å². The Bertz CT molecular complexity index is 870. The minimum absolute atomic E-state index is 0.0779. The Morgan fingerprint density at radius 2 is 1.61 bits per heavy atom. The molecule has 2 amide bonds. The zero-order chi connectivity index (χ0) is 22.8. The minimum atomic E-state index is -0.569. The Hall–Kier alpha value is -2.54. The van der Waals surface area contributed by atoms with Gasteiger partial charge in [0.1, 0.15) is 6.04 Å². The van der Waals surface area contributed by atoms with Gasteiger partial charge in [-0.3, -0.25) is 9.59 Å². The maximum atomic E-state index is 13.1. The molecule has 0 aliphatic heterocycles. The fourth-order valence-electron chi connectivity index (χ4n) is 3.22. The molecule has 2 rings (SSSR count). The highest BCUT2D eigenvalue weighted by Crippen LogP contribution is 2.29. The van der Waals surface area contributed by atoms with Crippen LogP contribution in [-0.2, 0) is 22.6 Å². The average molecular weight is 491 g/mol. The van der Waals surface area contributed by atoms with E-state index in [0.717, 1.165) is 15.6 Å². The Kier molecular flexibility index (Phi) is 9.85. The van der Waals surface area contributed by atoms with Gasteiger partial charge in [0.15, 0.2) is 11.5 Å². The molecule has 2 aromatic rings. The third-order valence-corrected chi connectivity index (χ3v) is 5.44. The van der Waals surface area contributed by atoms with Gasteiger partial charge in [-0.25, -0.2) is 0 Å². The number of amides is 2. The summed E-state index contributed by atoms with van der Waals surface area (Å²) in [5.41, 5.74) is 1.95. The van der Waals surface area contributed by atoms with Crippen LogP contribution in [0, 0.1) is 0 Å². The number of hydrogen-bond acceptors (Lipinski definition) is 4. The second kappa shape index (κ2) is 12.3. The van der Waals surface area contributed by atoms with Gasteiger partial charge in [0.05, 0.1) is 13.2 Å². The van der Waals surface area contributed by atoms with Gasteiger partial charge in [-0.15, -0.1) is 0 Å². The van der Waals surface area contributed by atoms with Crippen LogP contribution in [0.3, 0.4) is 0 Å². The van der Waals surface area contributed by atoms with Gasteiger partial charge in [0.2, 0.25) is 11.8 Å². The van der Waals surface area contributed by atoms with Crippen LogP contribution < -0.4 is 14.8 Å². The Balaban J connectivity index is 2.14. The molecule has 0 aliphatic rings. The number of halogens is 1. The number of likely N-dealkylation sites (N-methyl/N-ethyl adjacent to an activating group) is 1. The van der Waals surface area contributed by atoms with Gasteiger partial charge in [-0.2, -0.15) is 0 Å². The first-order valence-corrected chi connectivity index (χ1v) is 11.3. The molecule has 0 fully saturated rings. The van der Waals surface area contributed by atoms with E-state index in [0.29, 0.717) is 37.7 Å². The first-order chi connectivity index (χ1) is 14.9. The van der Waals surface area contributed by atoms with E-state index in [4.69, 9.17) is 9.47 Å². The number of aryl methyl sites for hydroxylation is 1. The van der Waals surface area contributed by atoms with Crippen LogP contribution >= 0.6 is 15.9 Å². The molecule has 2 aromatic carbocycles. The zero-order valence-corrected chi connectivity index (χ0v) is 20.2. The number of nitrogens with zero attached hydrogens (tertiary/aromatic N) is 1. The number of nitrogens with one attached hydrogen (secondary N) is 1. The summed E-state index contributed by atoms with van der Waals surface area (Å²) in [4.78, 5) is 27.0. The first kappa shape index (κ1) is 24.7. The second-order valence-corrected chi connectivity index (χ2v) is 8.00. The number of carbonyl (C=O) groups excluding carboxylic acids is 2. The largest absolute Gasteiger partial charge is 0.490 e. The molecule has 0 aliphatic carbocycles. The molecule has 0 spiro atoms. The molecule has 1 N–H and O–H groups in total. The van der Waals surface area contributed by atoms with Crippen LogP contribution in [0.4, 0.5) is 0 Å². The monoisotopic (exact) mass is 490 g/mol. The van der Waals surface area contributed by atoms with E-state index in [-0.39, 0.29) is 18.2 Å². The third-order valence-electron chi connectivity index (χ3n) is 4.92. The molecule has 31 heavy (non-hydrogen) atoms. The molecule has 1 atom stereocenters. The van der Waals surface area contributed by atoms with Gasteiger partial charge in [-0.1, -0.05) is 34.1 Å². The highest BCUT2D eigenvalue weighted by molar-refractivity contribution is 9.10. The molecule has 0 saturated heterocycles. The van der Waals surface area contributed by atoms with Crippen molar-refractivity contribution in [2.24, 2.45) is 0 Å². The maximum Gasteiger partial charge on any atom is 0.242 e. The summed E-state index contributed by atoms with van der Waals surface area (Å²) >= 11 is 3.42. The SMILES string of the molecule is CCOc1ccc(CCC(=O)N(Cc2ccc(Br)cc2)C(C)C(=O)NC)cc1OCC. The van der Waals surface area contributed by atoms with Crippen molar-refractivity contribution in [1.82, 2.24) is 10.2 Å². The summed E-state index contributed by atoms with van der Waals surface area (Å²) in [6.45, 7) is 7.06. The zero-order valence-electron chi connectivity index (χ0n) is 18.6. The molecule has 6 nitrogen and oxygen atoms in total. The van der Waals surface area contributed by atoms with Crippen LogP contribution in [0.5, 0.6) is 11.5 Å². The van der Waals surface area contributed by atoms with E-state index in [9.17, 15) is 9.59 Å². The van der Waals surface area contributed by atoms with Crippen molar-refractivity contribution < 1.29 is 19.1 Å². The molecule has 0 radical (unpaired) electrons. The predicted molar refractivity (Wildman–Crippen MR) is 125 cm³/mol. The molecule has 7 heteroatoms. The van der Waals surface area contributed by atoms with Crippen molar-refractivity contribution in [3.63, 3.8) is 0 Å². The number of rotatable bonds is 11. The third kappa shape index (κ3) is 7.28. The van der Waals surface area contributed by atoms with Gasteiger partial charge >= 0.3 is 0 Å². The summed E-state index contributed by atoms with van der Waals surface area (Å²) in [6.07, 6.45) is 0.833. The van der Waals surface area contributed by atoms with E-state index in [2.05, 4.69) is 21.2 Å². The number of hydrogen-bond donors (Lipinski definition) is 1. The van der Waals surface area contributed by atoms with Crippen LogP contribution in [0.25, 0.3) is 0 Å². The van der Waals surface area contributed by atoms with Crippen molar-refractivity contribution in [2.45, 2.75) is 46.2 Å². The molecule has 1 unspecified atom stereocenters. The molecule has 168 valence electrons. The standard InChI is InChI=1S/C24H31BrN2O4/c1-5-30-21-13-9-18(15-22(21)31-6-2)10-14-23(28)27(17(3)24(29)26-4)16-19-7-11-20(25)12-8-19/h7-9,11-13,15,17H,5-6,10,14,16H2,1-4H3,(H,26,29). The lowest BCUT2D eigenvalue weighted by Gasteiger charge is -2.28. The van der Waals surface area contributed by atoms with Gasteiger partial charge in [-0.05, 0) is 62.6 Å². The lowest BCUT2D eigenvalue weighted by molar-refractivity contribution is -0.140. The fraction of sp³-hybridized carbons (Fsp3) is 0.417. The Morgan fingerprint density at radius 1 is 1.00 bits per heavy atom.